The monoisotopic (exact) mass is 349 g/mol. The number of rotatable bonds is 4. The van der Waals surface area contributed by atoms with Gasteiger partial charge in [-0.1, -0.05) is 30.3 Å². The van der Waals surface area contributed by atoms with Crippen molar-refractivity contribution in [1.29, 1.82) is 0 Å². The van der Waals surface area contributed by atoms with E-state index in [4.69, 9.17) is 0 Å². The van der Waals surface area contributed by atoms with Crippen molar-refractivity contribution in [1.82, 2.24) is 19.7 Å². The fourth-order valence-corrected chi connectivity index (χ4v) is 3.53. The van der Waals surface area contributed by atoms with Crippen molar-refractivity contribution in [2.45, 2.75) is 13.5 Å². The van der Waals surface area contributed by atoms with Crippen LogP contribution in [-0.2, 0) is 6.54 Å². The predicted molar refractivity (Wildman–Crippen MR) is 103 cm³/mol. The number of aromatic nitrogens is 3. The van der Waals surface area contributed by atoms with E-state index in [0.717, 1.165) is 44.0 Å². The minimum atomic E-state index is -0.213. The van der Waals surface area contributed by atoms with Crippen LogP contribution in [0.15, 0.2) is 59.7 Å². The lowest BCUT2D eigenvalue weighted by molar-refractivity contribution is 0.250. The quantitative estimate of drug-likeness (QED) is 0.784. The number of H-pyrrole nitrogens is 1. The van der Waals surface area contributed by atoms with E-state index >= 15 is 0 Å². The van der Waals surface area contributed by atoms with E-state index < -0.39 is 0 Å². The Morgan fingerprint density at radius 3 is 2.46 bits per heavy atom. The lowest BCUT2D eigenvalue weighted by Gasteiger charge is -2.36. The van der Waals surface area contributed by atoms with Crippen molar-refractivity contribution in [3.05, 3.63) is 76.5 Å². The molecule has 2 aromatic carbocycles. The number of aryl methyl sites for hydroxylation is 1. The molecule has 1 saturated heterocycles. The van der Waals surface area contributed by atoms with Gasteiger partial charge < -0.3 is 4.90 Å². The van der Waals surface area contributed by atoms with Gasteiger partial charge in [0.05, 0.1) is 5.69 Å². The second kappa shape index (κ2) is 7.17. The molecule has 1 N–H and O–H groups in total. The van der Waals surface area contributed by atoms with Crippen LogP contribution in [0.5, 0.6) is 0 Å². The maximum absolute atomic E-state index is 11.8. The van der Waals surface area contributed by atoms with Gasteiger partial charge in [-0.25, -0.2) is 14.5 Å². The Hall–Kier alpha value is -2.86. The lowest BCUT2D eigenvalue weighted by atomic mass is 10.1. The molecule has 0 saturated carbocycles. The summed E-state index contributed by atoms with van der Waals surface area (Å²) < 4.78 is 1.54. The molecule has 6 heteroatoms. The molecule has 4 rings (SSSR count). The Balaban J connectivity index is 1.42. The van der Waals surface area contributed by atoms with E-state index in [1.54, 1.807) is 0 Å². The van der Waals surface area contributed by atoms with Gasteiger partial charge in [0.25, 0.3) is 0 Å². The van der Waals surface area contributed by atoms with Gasteiger partial charge in [0.15, 0.2) is 0 Å². The average molecular weight is 349 g/mol. The molecule has 0 spiro atoms. The molecule has 2 heterocycles. The minimum absolute atomic E-state index is 0.213. The normalized spacial score (nSPS) is 15.3. The van der Waals surface area contributed by atoms with Gasteiger partial charge in [0, 0.05) is 38.4 Å². The van der Waals surface area contributed by atoms with Gasteiger partial charge in [-0.05, 0) is 36.2 Å². The summed E-state index contributed by atoms with van der Waals surface area (Å²) in [6.45, 7) is 7.17. The number of hydrogen-bond donors (Lipinski definition) is 1. The highest BCUT2D eigenvalue weighted by Gasteiger charge is 2.18. The van der Waals surface area contributed by atoms with Crippen molar-refractivity contribution in [2.24, 2.45) is 0 Å². The van der Waals surface area contributed by atoms with Gasteiger partial charge in [-0.15, -0.1) is 0 Å². The zero-order valence-corrected chi connectivity index (χ0v) is 14.9. The summed E-state index contributed by atoms with van der Waals surface area (Å²) in [5, 5.41) is 6.24. The molecule has 1 aliphatic heterocycles. The van der Waals surface area contributed by atoms with Crippen molar-refractivity contribution < 1.29 is 0 Å². The Morgan fingerprint density at radius 1 is 1.04 bits per heavy atom. The summed E-state index contributed by atoms with van der Waals surface area (Å²) in [6.07, 6.45) is 1.52. The first-order valence-electron chi connectivity index (χ1n) is 8.95. The molecule has 0 bridgehead atoms. The Morgan fingerprint density at radius 2 is 1.81 bits per heavy atom. The molecule has 6 nitrogen and oxygen atoms in total. The first-order valence-corrected chi connectivity index (χ1v) is 8.95. The smallest absolute Gasteiger partial charge is 0.347 e. The van der Waals surface area contributed by atoms with E-state index in [9.17, 15) is 4.79 Å². The SMILES string of the molecule is Cc1cc(N2CCN(Cc3ccccc3)CC2)ccc1-n1cn[nH]c1=O. The van der Waals surface area contributed by atoms with Crippen LogP contribution >= 0.6 is 0 Å². The van der Waals surface area contributed by atoms with Crippen LogP contribution in [0, 0.1) is 6.92 Å². The maximum atomic E-state index is 11.8. The van der Waals surface area contributed by atoms with E-state index in [0.29, 0.717) is 0 Å². The van der Waals surface area contributed by atoms with Gasteiger partial charge in [0.2, 0.25) is 0 Å². The second-order valence-electron chi connectivity index (χ2n) is 6.75. The molecule has 0 amide bonds. The third kappa shape index (κ3) is 3.41. The molecule has 26 heavy (non-hydrogen) atoms. The average Bonchev–Trinajstić information content (AvgIpc) is 3.09. The highest BCUT2D eigenvalue weighted by molar-refractivity contribution is 5.55. The number of benzene rings is 2. The predicted octanol–water partition coefficient (Wildman–Crippen LogP) is 2.19. The Kier molecular flexibility index (Phi) is 4.58. The van der Waals surface area contributed by atoms with Crippen LogP contribution in [0.25, 0.3) is 5.69 Å². The third-order valence-electron chi connectivity index (χ3n) is 4.98. The summed E-state index contributed by atoms with van der Waals surface area (Å²) in [7, 11) is 0. The maximum Gasteiger partial charge on any atom is 0.347 e. The van der Waals surface area contributed by atoms with Crippen LogP contribution in [0.1, 0.15) is 11.1 Å². The van der Waals surface area contributed by atoms with Gasteiger partial charge in [-0.2, -0.15) is 5.10 Å². The van der Waals surface area contributed by atoms with Gasteiger partial charge in [0.1, 0.15) is 6.33 Å². The van der Waals surface area contributed by atoms with Crippen LogP contribution in [-0.4, -0.2) is 45.8 Å². The standard InChI is InChI=1S/C20H23N5O/c1-16-13-18(7-8-19(16)25-15-21-22-20(25)26)24-11-9-23(10-12-24)14-17-5-3-2-4-6-17/h2-8,13,15H,9-12,14H2,1H3,(H,22,26). The largest absolute Gasteiger partial charge is 0.369 e. The van der Waals surface area contributed by atoms with Crippen molar-refractivity contribution in [3.8, 4) is 5.69 Å². The molecule has 0 atom stereocenters. The number of nitrogens with one attached hydrogen (secondary N) is 1. The van der Waals surface area contributed by atoms with Crippen molar-refractivity contribution in [2.75, 3.05) is 31.1 Å². The van der Waals surface area contributed by atoms with Gasteiger partial charge in [-0.3, -0.25) is 4.90 Å². The summed E-state index contributed by atoms with van der Waals surface area (Å²) in [5.41, 5.74) is 4.30. The number of nitrogens with zero attached hydrogens (tertiary/aromatic N) is 4. The summed E-state index contributed by atoms with van der Waals surface area (Å²) in [5.74, 6) is 0. The van der Waals surface area contributed by atoms with E-state index in [1.807, 2.05) is 13.0 Å². The Labute approximate surface area is 152 Å². The number of hydrogen-bond acceptors (Lipinski definition) is 4. The molecule has 0 unspecified atom stereocenters. The van der Waals surface area contributed by atoms with Crippen LogP contribution in [0.4, 0.5) is 5.69 Å². The number of aromatic amines is 1. The summed E-state index contributed by atoms with van der Waals surface area (Å²) in [6, 6.07) is 16.9. The topological polar surface area (TPSA) is 57.2 Å². The zero-order valence-electron chi connectivity index (χ0n) is 14.9. The number of piperazine rings is 1. The zero-order chi connectivity index (χ0) is 17.9. The summed E-state index contributed by atoms with van der Waals surface area (Å²) >= 11 is 0. The first kappa shape index (κ1) is 16.6. The van der Waals surface area contributed by atoms with E-state index in [-0.39, 0.29) is 5.69 Å². The van der Waals surface area contributed by atoms with Crippen molar-refractivity contribution in [3.63, 3.8) is 0 Å². The third-order valence-corrected chi connectivity index (χ3v) is 4.98. The molecule has 134 valence electrons. The van der Waals surface area contributed by atoms with Crippen LogP contribution < -0.4 is 10.6 Å². The fourth-order valence-electron chi connectivity index (χ4n) is 3.53. The van der Waals surface area contributed by atoms with Gasteiger partial charge >= 0.3 is 5.69 Å². The second-order valence-corrected chi connectivity index (χ2v) is 6.75. The van der Waals surface area contributed by atoms with E-state index in [1.165, 1.54) is 22.1 Å². The highest BCUT2D eigenvalue weighted by atomic mass is 16.1. The lowest BCUT2D eigenvalue weighted by Crippen LogP contribution is -2.46. The highest BCUT2D eigenvalue weighted by Crippen LogP contribution is 2.22. The molecular formula is C20H23N5O. The molecular weight excluding hydrogens is 326 g/mol. The molecule has 0 radical (unpaired) electrons. The fraction of sp³-hybridized carbons (Fsp3) is 0.300. The Bertz CT molecular complexity index is 923. The minimum Gasteiger partial charge on any atom is -0.369 e. The first-order chi connectivity index (χ1) is 12.7. The molecule has 1 fully saturated rings. The van der Waals surface area contributed by atoms with Crippen molar-refractivity contribution >= 4 is 5.69 Å². The van der Waals surface area contributed by atoms with E-state index in [2.05, 4.69) is 62.5 Å². The molecule has 1 aromatic heterocycles. The number of anilines is 1. The molecule has 3 aromatic rings. The van der Waals surface area contributed by atoms with Crippen LogP contribution in [0.2, 0.25) is 0 Å². The summed E-state index contributed by atoms with van der Waals surface area (Å²) in [4.78, 5) is 16.7. The molecule has 1 aliphatic rings. The van der Waals surface area contributed by atoms with Crippen LogP contribution in [0.3, 0.4) is 0 Å². The molecule has 0 aliphatic carbocycles.